The van der Waals surface area contributed by atoms with Gasteiger partial charge in [-0.05, 0) is 30.0 Å². The van der Waals surface area contributed by atoms with Crippen LogP contribution in [0.25, 0.3) is 5.76 Å². The van der Waals surface area contributed by atoms with Crippen LogP contribution in [0, 0.1) is 12.7 Å². The molecule has 1 atom stereocenters. The van der Waals surface area contributed by atoms with Gasteiger partial charge in [0, 0.05) is 16.2 Å². The summed E-state index contributed by atoms with van der Waals surface area (Å²) in [7, 11) is 0. The number of hydrogen-bond donors (Lipinski definition) is 1. The number of rotatable bonds is 6. The quantitative estimate of drug-likeness (QED) is 0.110. The Hall–Kier alpha value is -3.34. The number of carbonyl (C=O) groups is 2. The molecule has 3 heterocycles. The van der Waals surface area contributed by atoms with E-state index in [-0.39, 0.29) is 22.3 Å². The zero-order valence-electron chi connectivity index (χ0n) is 18.3. The van der Waals surface area contributed by atoms with Crippen molar-refractivity contribution in [2.75, 3.05) is 4.90 Å². The van der Waals surface area contributed by atoms with E-state index in [2.05, 4.69) is 10.2 Å². The first-order chi connectivity index (χ1) is 16.9. The van der Waals surface area contributed by atoms with E-state index in [1.807, 2.05) is 36.6 Å². The lowest BCUT2D eigenvalue weighted by molar-refractivity contribution is -0.132. The van der Waals surface area contributed by atoms with E-state index in [1.54, 1.807) is 30.3 Å². The van der Waals surface area contributed by atoms with Crippen molar-refractivity contribution in [2.45, 2.75) is 23.1 Å². The molecule has 1 fully saturated rings. The highest BCUT2D eigenvalue weighted by Crippen LogP contribution is 2.45. The van der Waals surface area contributed by atoms with E-state index in [9.17, 15) is 19.1 Å². The number of Topliss-reactive ketones (excluding diaryl/α,β-unsaturated/α-hetero) is 1. The second kappa shape index (κ2) is 9.73. The van der Waals surface area contributed by atoms with Crippen LogP contribution < -0.4 is 4.90 Å². The Morgan fingerprint density at radius 2 is 1.86 bits per heavy atom. The molecule has 1 saturated heterocycles. The van der Waals surface area contributed by atoms with Crippen LogP contribution in [-0.4, -0.2) is 27.0 Å². The summed E-state index contributed by atoms with van der Waals surface area (Å²) >= 11 is 3.82. The monoisotopic (exact) mass is 523 g/mol. The summed E-state index contributed by atoms with van der Waals surface area (Å²) in [6, 6.07) is 16.4. The van der Waals surface area contributed by atoms with Crippen LogP contribution in [0.1, 0.15) is 27.6 Å². The van der Waals surface area contributed by atoms with Gasteiger partial charge in [0.25, 0.3) is 5.78 Å². The van der Waals surface area contributed by atoms with Crippen LogP contribution in [0.2, 0.25) is 0 Å². The molecule has 0 radical (unpaired) electrons. The highest BCUT2D eigenvalue weighted by atomic mass is 32.2. The molecule has 10 heteroatoms. The minimum atomic E-state index is -0.825. The number of benzene rings is 2. The van der Waals surface area contributed by atoms with Crippen LogP contribution in [0.4, 0.5) is 9.52 Å². The Kier molecular flexibility index (Phi) is 6.50. The van der Waals surface area contributed by atoms with Gasteiger partial charge in [-0.1, -0.05) is 77.2 Å². The van der Waals surface area contributed by atoms with Crippen molar-refractivity contribution in [3.05, 3.63) is 99.0 Å². The SMILES string of the molecule is Cc1ccc(/C(O)=C2/C(=O)C(=O)N(c3nnc(SCc4ccccc4F)s3)C2c2cccs2)cc1. The maximum atomic E-state index is 14.0. The van der Waals surface area contributed by atoms with Crippen molar-refractivity contribution in [1.29, 1.82) is 0 Å². The fraction of sp³-hybridized carbons (Fsp3) is 0.120. The molecule has 0 bridgehead atoms. The van der Waals surface area contributed by atoms with Crippen molar-refractivity contribution >= 4 is 57.0 Å². The predicted molar refractivity (Wildman–Crippen MR) is 136 cm³/mol. The maximum absolute atomic E-state index is 14.0. The normalized spacial score (nSPS) is 17.3. The fourth-order valence-corrected chi connectivity index (χ4v) is 6.40. The molecule has 1 aliphatic rings. The first-order valence-electron chi connectivity index (χ1n) is 10.5. The number of thiophene rings is 1. The summed E-state index contributed by atoms with van der Waals surface area (Å²) in [5, 5.41) is 21.5. The first-order valence-corrected chi connectivity index (χ1v) is 13.2. The van der Waals surface area contributed by atoms with Crippen LogP contribution in [-0.2, 0) is 15.3 Å². The number of carbonyl (C=O) groups excluding carboxylic acids is 2. The van der Waals surface area contributed by atoms with Crippen molar-refractivity contribution in [1.82, 2.24) is 10.2 Å². The van der Waals surface area contributed by atoms with Gasteiger partial charge in [0.2, 0.25) is 5.13 Å². The van der Waals surface area contributed by atoms with Crippen LogP contribution in [0.5, 0.6) is 0 Å². The van der Waals surface area contributed by atoms with E-state index in [0.717, 1.165) is 16.9 Å². The molecule has 6 nitrogen and oxygen atoms in total. The van der Waals surface area contributed by atoms with Gasteiger partial charge in [0.1, 0.15) is 17.6 Å². The van der Waals surface area contributed by atoms with Gasteiger partial charge in [0.15, 0.2) is 4.34 Å². The average Bonchev–Trinajstić information content (AvgIpc) is 3.60. The summed E-state index contributed by atoms with van der Waals surface area (Å²) in [5.74, 6) is -1.75. The summed E-state index contributed by atoms with van der Waals surface area (Å²) < 4.78 is 14.5. The maximum Gasteiger partial charge on any atom is 0.301 e. The van der Waals surface area contributed by atoms with E-state index in [1.165, 1.54) is 34.1 Å². The molecule has 176 valence electrons. The minimum absolute atomic E-state index is 0.0112. The highest BCUT2D eigenvalue weighted by molar-refractivity contribution is 8.00. The number of aliphatic hydroxyl groups excluding tert-OH is 1. The van der Waals surface area contributed by atoms with Crippen LogP contribution >= 0.6 is 34.4 Å². The van der Waals surface area contributed by atoms with Gasteiger partial charge in [0.05, 0.1) is 5.57 Å². The molecule has 1 amide bonds. The second-order valence-corrected chi connectivity index (χ2v) is 10.9. The molecule has 2 aromatic heterocycles. The summed E-state index contributed by atoms with van der Waals surface area (Å²) in [6.45, 7) is 1.92. The third kappa shape index (κ3) is 4.52. The largest absolute Gasteiger partial charge is 0.507 e. The molecular formula is C25H18FN3O3S3. The first kappa shape index (κ1) is 23.4. The predicted octanol–water partition coefficient (Wildman–Crippen LogP) is 5.97. The third-order valence-electron chi connectivity index (χ3n) is 5.49. The second-order valence-electron chi connectivity index (χ2n) is 7.78. The number of aryl methyl sites for hydroxylation is 1. The van der Waals surface area contributed by atoms with Gasteiger partial charge >= 0.3 is 5.91 Å². The minimum Gasteiger partial charge on any atom is -0.507 e. The molecular weight excluding hydrogens is 505 g/mol. The highest BCUT2D eigenvalue weighted by Gasteiger charge is 2.48. The number of nitrogens with zero attached hydrogens (tertiary/aromatic N) is 3. The Morgan fingerprint density at radius 3 is 2.57 bits per heavy atom. The van der Waals surface area contributed by atoms with Crippen LogP contribution in [0.15, 0.2) is 76.0 Å². The molecule has 5 rings (SSSR count). The molecule has 2 aromatic carbocycles. The topological polar surface area (TPSA) is 83.4 Å². The number of thioether (sulfide) groups is 1. The lowest BCUT2D eigenvalue weighted by Gasteiger charge is -2.20. The summed E-state index contributed by atoms with van der Waals surface area (Å²) in [6.07, 6.45) is 0. The zero-order chi connectivity index (χ0) is 24.5. The molecule has 35 heavy (non-hydrogen) atoms. The Balaban J connectivity index is 1.51. The molecule has 4 aromatic rings. The number of hydrogen-bond acceptors (Lipinski definition) is 8. The van der Waals surface area contributed by atoms with E-state index in [0.29, 0.717) is 26.1 Å². The molecule has 0 spiro atoms. The van der Waals surface area contributed by atoms with Gasteiger partial charge in [-0.3, -0.25) is 14.5 Å². The molecule has 1 N–H and O–H groups in total. The molecule has 1 aliphatic heterocycles. The Morgan fingerprint density at radius 1 is 1.09 bits per heavy atom. The summed E-state index contributed by atoms with van der Waals surface area (Å²) in [4.78, 5) is 28.3. The average molecular weight is 524 g/mol. The fourth-order valence-electron chi connectivity index (χ4n) is 3.73. The Bertz CT molecular complexity index is 1430. The third-order valence-corrected chi connectivity index (χ3v) is 8.52. The number of ketones is 1. The molecule has 0 saturated carbocycles. The number of anilines is 1. The van der Waals surface area contributed by atoms with E-state index in [4.69, 9.17) is 0 Å². The van der Waals surface area contributed by atoms with Gasteiger partial charge < -0.3 is 5.11 Å². The van der Waals surface area contributed by atoms with E-state index >= 15 is 0 Å². The smallest absolute Gasteiger partial charge is 0.301 e. The van der Waals surface area contributed by atoms with Crippen LogP contribution in [0.3, 0.4) is 0 Å². The Labute approximate surface area is 212 Å². The lowest BCUT2D eigenvalue weighted by atomic mass is 9.99. The van der Waals surface area contributed by atoms with E-state index < -0.39 is 17.7 Å². The summed E-state index contributed by atoms with van der Waals surface area (Å²) in [5.41, 5.74) is 2.00. The number of aromatic nitrogens is 2. The lowest BCUT2D eigenvalue weighted by Crippen LogP contribution is -2.29. The molecule has 1 unspecified atom stereocenters. The van der Waals surface area contributed by atoms with Crippen molar-refractivity contribution in [3.63, 3.8) is 0 Å². The van der Waals surface area contributed by atoms with Crippen molar-refractivity contribution in [3.8, 4) is 0 Å². The van der Waals surface area contributed by atoms with Crippen molar-refractivity contribution < 1.29 is 19.1 Å². The standard InChI is InChI=1S/C25H18FN3O3S3/c1-14-8-10-15(11-9-14)21(30)19-20(18-7-4-12-33-18)29(23(32)22(19)31)24-27-28-25(35-24)34-13-16-5-2-3-6-17(16)26/h2-12,20,30H,13H2,1H3/b21-19-. The van der Waals surface area contributed by atoms with Crippen molar-refractivity contribution in [2.24, 2.45) is 0 Å². The number of aliphatic hydroxyl groups is 1. The zero-order valence-corrected chi connectivity index (χ0v) is 20.8. The van der Waals surface area contributed by atoms with Gasteiger partial charge in [-0.2, -0.15) is 0 Å². The number of halogens is 1. The van der Waals surface area contributed by atoms with Gasteiger partial charge in [-0.25, -0.2) is 4.39 Å². The van der Waals surface area contributed by atoms with Gasteiger partial charge in [-0.15, -0.1) is 21.5 Å². The molecule has 0 aliphatic carbocycles. The number of amides is 1.